The maximum Gasteiger partial charge on any atom is 0.204 e. The second kappa shape index (κ2) is 13.1. The van der Waals surface area contributed by atoms with E-state index in [1.54, 1.807) is 7.11 Å². The SMILES string of the molecule is COC(C)(C)C.NC=O.NCCCc1ccccc1. The van der Waals surface area contributed by atoms with Gasteiger partial charge in [0.2, 0.25) is 6.41 Å². The molecule has 0 saturated carbocycles. The van der Waals surface area contributed by atoms with Crippen LogP contribution in [0.2, 0.25) is 0 Å². The van der Waals surface area contributed by atoms with Gasteiger partial charge >= 0.3 is 0 Å². The number of hydrogen-bond acceptors (Lipinski definition) is 3. The topological polar surface area (TPSA) is 78.3 Å². The summed E-state index contributed by atoms with van der Waals surface area (Å²) in [5.41, 5.74) is 11.0. The summed E-state index contributed by atoms with van der Waals surface area (Å²) in [5.74, 6) is 0. The minimum atomic E-state index is 0.0417. The number of ether oxygens (including phenoxy) is 1. The summed E-state index contributed by atoms with van der Waals surface area (Å²) in [6.45, 7) is 6.85. The average Bonchev–Trinajstić information content (AvgIpc) is 2.38. The molecule has 4 nitrogen and oxygen atoms in total. The summed E-state index contributed by atoms with van der Waals surface area (Å²) >= 11 is 0. The van der Waals surface area contributed by atoms with Crippen LogP contribution in [0.4, 0.5) is 0 Å². The standard InChI is InChI=1S/C9H13N.C5H12O.CH3NO/c10-8-4-7-9-5-2-1-3-6-9;1-5(2,3)6-4;2-1-3/h1-3,5-6H,4,7-8,10H2;1-4H3;1H,(H2,2,3). The lowest BCUT2D eigenvalue weighted by Gasteiger charge is -2.14. The van der Waals surface area contributed by atoms with E-state index in [9.17, 15) is 0 Å². The number of nitrogens with two attached hydrogens (primary N) is 2. The Kier molecular flexibility index (Phi) is 13.7. The zero-order valence-electron chi connectivity index (χ0n) is 12.6. The first-order chi connectivity index (χ1) is 8.91. The second-order valence-corrected chi connectivity index (χ2v) is 4.83. The number of hydrogen-bond donors (Lipinski definition) is 2. The van der Waals surface area contributed by atoms with Crippen LogP contribution < -0.4 is 11.5 Å². The van der Waals surface area contributed by atoms with Crippen LogP contribution in [0.25, 0.3) is 0 Å². The molecule has 0 radical (unpaired) electrons. The van der Waals surface area contributed by atoms with E-state index in [0.717, 1.165) is 19.4 Å². The molecule has 0 saturated heterocycles. The van der Waals surface area contributed by atoms with Gasteiger partial charge in [-0.15, -0.1) is 0 Å². The summed E-state index contributed by atoms with van der Waals surface area (Å²) in [6, 6.07) is 10.4. The van der Waals surface area contributed by atoms with E-state index in [2.05, 4.69) is 30.0 Å². The Bertz CT molecular complexity index is 295. The van der Waals surface area contributed by atoms with Crippen molar-refractivity contribution in [3.8, 4) is 0 Å². The fraction of sp³-hybridized carbons (Fsp3) is 0.533. The number of carbonyl (C=O) groups excluding carboxylic acids is 1. The van der Waals surface area contributed by atoms with Gasteiger partial charge in [-0.05, 0) is 45.7 Å². The highest BCUT2D eigenvalue weighted by atomic mass is 16.5. The molecule has 4 N–H and O–H groups in total. The molecule has 0 atom stereocenters. The first-order valence-electron chi connectivity index (χ1n) is 6.35. The maximum absolute atomic E-state index is 8.58. The van der Waals surface area contributed by atoms with E-state index in [0.29, 0.717) is 0 Å². The van der Waals surface area contributed by atoms with Gasteiger partial charge in [0.15, 0.2) is 0 Å². The smallest absolute Gasteiger partial charge is 0.204 e. The van der Waals surface area contributed by atoms with Crippen molar-refractivity contribution in [2.75, 3.05) is 13.7 Å². The third-order valence-corrected chi connectivity index (χ3v) is 2.12. The van der Waals surface area contributed by atoms with Crippen molar-refractivity contribution >= 4 is 6.41 Å². The lowest BCUT2D eigenvalue weighted by molar-refractivity contribution is -0.106. The summed E-state index contributed by atoms with van der Waals surface area (Å²) in [7, 11) is 1.71. The number of rotatable bonds is 3. The molecule has 19 heavy (non-hydrogen) atoms. The molecule has 0 aliphatic rings. The van der Waals surface area contributed by atoms with E-state index in [1.807, 2.05) is 26.8 Å². The molecule has 1 aromatic carbocycles. The van der Waals surface area contributed by atoms with Crippen molar-refractivity contribution in [2.24, 2.45) is 11.5 Å². The van der Waals surface area contributed by atoms with Gasteiger partial charge in [0.05, 0.1) is 5.60 Å². The quantitative estimate of drug-likeness (QED) is 0.824. The van der Waals surface area contributed by atoms with Crippen molar-refractivity contribution in [3.63, 3.8) is 0 Å². The van der Waals surface area contributed by atoms with Gasteiger partial charge < -0.3 is 16.2 Å². The van der Waals surface area contributed by atoms with Crippen molar-refractivity contribution in [1.29, 1.82) is 0 Å². The lowest BCUT2D eigenvalue weighted by Crippen LogP contribution is -2.15. The number of amides is 1. The molecule has 0 bridgehead atoms. The number of carbonyl (C=O) groups is 1. The Labute approximate surface area is 117 Å². The Balaban J connectivity index is 0. The number of methoxy groups -OCH3 is 1. The molecule has 0 spiro atoms. The van der Waals surface area contributed by atoms with Gasteiger partial charge in [0.1, 0.15) is 0 Å². The molecule has 0 unspecified atom stereocenters. The zero-order chi connectivity index (χ0) is 15.1. The van der Waals surface area contributed by atoms with Gasteiger partial charge in [-0.1, -0.05) is 30.3 Å². The van der Waals surface area contributed by atoms with Crippen LogP contribution in [0.15, 0.2) is 30.3 Å². The summed E-state index contributed by atoms with van der Waals surface area (Å²) in [5, 5.41) is 0. The Morgan fingerprint density at radius 2 is 1.63 bits per heavy atom. The fourth-order valence-electron chi connectivity index (χ4n) is 0.951. The van der Waals surface area contributed by atoms with Crippen molar-refractivity contribution in [3.05, 3.63) is 35.9 Å². The van der Waals surface area contributed by atoms with E-state index >= 15 is 0 Å². The molecule has 4 heteroatoms. The Morgan fingerprint density at radius 1 is 1.21 bits per heavy atom. The van der Waals surface area contributed by atoms with E-state index in [-0.39, 0.29) is 12.0 Å². The van der Waals surface area contributed by atoms with Crippen molar-refractivity contribution in [2.45, 2.75) is 39.2 Å². The maximum atomic E-state index is 8.58. The largest absolute Gasteiger partial charge is 0.379 e. The van der Waals surface area contributed by atoms with Crippen LogP contribution in [0.5, 0.6) is 0 Å². The average molecular weight is 268 g/mol. The molecular weight excluding hydrogens is 240 g/mol. The van der Waals surface area contributed by atoms with Crippen molar-refractivity contribution < 1.29 is 9.53 Å². The predicted molar refractivity (Wildman–Crippen MR) is 80.8 cm³/mol. The predicted octanol–water partition coefficient (Wildman–Crippen LogP) is 2.11. The molecule has 0 aromatic heterocycles. The zero-order valence-corrected chi connectivity index (χ0v) is 12.6. The highest BCUT2D eigenvalue weighted by Gasteiger charge is 2.04. The Morgan fingerprint density at radius 3 is 1.95 bits per heavy atom. The highest BCUT2D eigenvalue weighted by Crippen LogP contribution is 2.02. The first kappa shape index (κ1) is 19.9. The second-order valence-electron chi connectivity index (χ2n) is 4.83. The van der Waals surface area contributed by atoms with Crippen LogP contribution in [0.3, 0.4) is 0 Å². The van der Waals surface area contributed by atoms with Gasteiger partial charge in [0.25, 0.3) is 0 Å². The van der Waals surface area contributed by atoms with Crippen molar-refractivity contribution in [1.82, 2.24) is 0 Å². The van der Waals surface area contributed by atoms with Crippen LogP contribution in [0, 0.1) is 0 Å². The summed E-state index contributed by atoms with van der Waals surface area (Å²) < 4.78 is 4.94. The fourth-order valence-corrected chi connectivity index (χ4v) is 0.951. The van der Waals surface area contributed by atoms with E-state index < -0.39 is 0 Å². The van der Waals surface area contributed by atoms with Crippen LogP contribution in [0.1, 0.15) is 32.8 Å². The Hall–Kier alpha value is -1.39. The van der Waals surface area contributed by atoms with Gasteiger partial charge in [0, 0.05) is 7.11 Å². The van der Waals surface area contributed by atoms with Gasteiger partial charge in [-0.25, -0.2) is 0 Å². The third-order valence-electron chi connectivity index (χ3n) is 2.12. The molecule has 0 aliphatic heterocycles. The van der Waals surface area contributed by atoms with Crippen LogP contribution in [-0.2, 0) is 16.0 Å². The highest BCUT2D eigenvalue weighted by molar-refractivity contribution is 5.42. The summed E-state index contributed by atoms with van der Waals surface area (Å²) in [6.07, 6.45) is 2.45. The van der Waals surface area contributed by atoms with Crippen LogP contribution in [-0.4, -0.2) is 25.7 Å². The lowest BCUT2D eigenvalue weighted by atomic mass is 10.1. The molecule has 110 valence electrons. The molecular formula is C15H28N2O2. The van der Waals surface area contributed by atoms with E-state index in [1.165, 1.54) is 5.56 Å². The monoisotopic (exact) mass is 268 g/mol. The molecule has 1 amide bonds. The number of aryl methyl sites for hydroxylation is 1. The molecule has 0 heterocycles. The minimum absolute atomic E-state index is 0.0417. The van der Waals surface area contributed by atoms with Gasteiger partial charge in [-0.3, -0.25) is 4.79 Å². The van der Waals surface area contributed by atoms with E-state index in [4.69, 9.17) is 15.3 Å². The first-order valence-corrected chi connectivity index (χ1v) is 6.35. The minimum Gasteiger partial charge on any atom is -0.379 e. The van der Waals surface area contributed by atoms with Gasteiger partial charge in [-0.2, -0.15) is 0 Å². The summed E-state index contributed by atoms with van der Waals surface area (Å²) in [4.78, 5) is 8.58. The molecule has 1 aromatic rings. The molecule has 0 fully saturated rings. The number of benzene rings is 1. The molecule has 0 aliphatic carbocycles. The van der Waals surface area contributed by atoms with Crippen LogP contribution >= 0.6 is 0 Å². The normalized spacial score (nSPS) is 9.53. The third kappa shape index (κ3) is 19.1. The molecule has 1 rings (SSSR count). The number of primary amides is 1.